The molecule has 5 nitrogen and oxygen atoms in total. The van der Waals surface area contributed by atoms with Gasteiger partial charge in [-0.25, -0.2) is 0 Å². The van der Waals surface area contributed by atoms with Crippen LogP contribution in [0.3, 0.4) is 0 Å². The van der Waals surface area contributed by atoms with E-state index in [1.807, 2.05) is 12.1 Å². The van der Waals surface area contributed by atoms with Crippen LogP contribution in [-0.4, -0.2) is 32.0 Å². The zero-order chi connectivity index (χ0) is 20.4. The second-order valence-electron chi connectivity index (χ2n) is 7.42. The first-order valence-corrected chi connectivity index (χ1v) is 9.75. The molecule has 0 fully saturated rings. The van der Waals surface area contributed by atoms with Gasteiger partial charge in [-0.3, -0.25) is 9.59 Å². The Bertz CT molecular complexity index is 1010. The molecular formula is C24H24N2O3. The molecule has 2 aromatic rings. The Balaban J connectivity index is 1.51. The summed E-state index contributed by atoms with van der Waals surface area (Å²) in [4.78, 5) is 27.3. The van der Waals surface area contributed by atoms with Crippen molar-refractivity contribution >= 4 is 17.5 Å². The van der Waals surface area contributed by atoms with Gasteiger partial charge in [0, 0.05) is 13.5 Å². The topological polar surface area (TPSA) is 58.6 Å². The molecule has 0 saturated carbocycles. The zero-order valence-electron chi connectivity index (χ0n) is 16.6. The minimum Gasteiger partial charge on any atom is -0.497 e. The number of hydrogen-bond donors (Lipinski definition) is 1. The molecule has 5 heteroatoms. The molecule has 2 amide bonds. The van der Waals surface area contributed by atoms with E-state index in [4.69, 9.17) is 4.74 Å². The molecule has 1 N–H and O–H groups in total. The maximum Gasteiger partial charge on any atom is 0.254 e. The Kier molecular flexibility index (Phi) is 5.21. The number of anilines is 1. The van der Waals surface area contributed by atoms with Crippen molar-refractivity contribution < 1.29 is 14.3 Å². The van der Waals surface area contributed by atoms with Gasteiger partial charge in [0.1, 0.15) is 11.8 Å². The summed E-state index contributed by atoms with van der Waals surface area (Å²) in [6, 6.07) is 12.8. The van der Waals surface area contributed by atoms with Crippen LogP contribution in [0.4, 0.5) is 5.69 Å². The molecule has 0 aromatic heterocycles. The summed E-state index contributed by atoms with van der Waals surface area (Å²) >= 11 is 0. The molecule has 0 spiro atoms. The van der Waals surface area contributed by atoms with E-state index in [2.05, 4.69) is 35.7 Å². The number of methoxy groups -OCH3 is 1. The Morgan fingerprint density at radius 2 is 1.86 bits per heavy atom. The molecular weight excluding hydrogens is 364 g/mol. The summed E-state index contributed by atoms with van der Waals surface area (Å²) in [5.74, 6) is 0.187. The predicted molar refractivity (Wildman–Crippen MR) is 113 cm³/mol. The standard InChI is InChI=1S/C24H24N2O3/c1-26-22-12-11-19(29-2)15-20(22)23(27)25-21(24(26)28)14-18-9-7-17(8-10-18)13-16-5-3-4-6-16/h3,5-12,15,21H,4,13-14H2,1-2H3,(H,25,27). The van der Waals surface area contributed by atoms with Gasteiger partial charge in [-0.15, -0.1) is 0 Å². The fraction of sp³-hybridized carbons (Fsp3) is 0.250. The van der Waals surface area contributed by atoms with Gasteiger partial charge in [-0.1, -0.05) is 42.5 Å². The van der Waals surface area contributed by atoms with Gasteiger partial charge in [-0.05, 0) is 47.7 Å². The lowest BCUT2D eigenvalue weighted by molar-refractivity contribution is -0.120. The molecule has 29 heavy (non-hydrogen) atoms. The van der Waals surface area contributed by atoms with Crippen LogP contribution in [0.25, 0.3) is 0 Å². The third-order valence-corrected chi connectivity index (χ3v) is 5.46. The number of allylic oxidation sites excluding steroid dienone is 4. The molecule has 0 bridgehead atoms. The highest BCUT2D eigenvalue weighted by molar-refractivity contribution is 6.11. The third-order valence-electron chi connectivity index (χ3n) is 5.46. The third kappa shape index (κ3) is 3.94. The molecule has 1 unspecified atom stereocenters. The van der Waals surface area contributed by atoms with Crippen molar-refractivity contribution in [3.63, 3.8) is 0 Å². The Hall–Kier alpha value is -3.34. The lowest BCUT2D eigenvalue weighted by Gasteiger charge is -2.21. The number of nitrogens with one attached hydrogen (secondary N) is 1. The van der Waals surface area contributed by atoms with Crippen LogP contribution in [0.1, 0.15) is 27.9 Å². The second-order valence-corrected chi connectivity index (χ2v) is 7.42. The van der Waals surface area contributed by atoms with E-state index in [1.54, 1.807) is 37.3 Å². The number of benzene rings is 2. The predicted octanol–water partition coefficient (Wildman–Crippen LogP) is 3.44. The quantitative estimate of drug-likeness (QED) is 0.854. The van der Waals surface area contributed by atoms with Gasteiger partial charge in [0.2, 0.25) is 5.91 Å². The Morgan fingerprint density at radius 1 is 1.10 bits per heavy atom. The monoisotopic (exact) mass is 388 g/mol. The smallest absolute Gasteiger partial charge is 0.254 e. The first kappa shape index (κ1) is 19.0. The summed E-state index contributed by atoms with van der Waals surface area (Å²) in [7, 11) is 3.25. The largest absolute Gasteiger partial charge is 0.497 e. The molecule has 2 aromatic carbocycles. The van der Waals surface area contributed by atoms with Crippen molar-refractivity contribution in [2.75, 3.05) is 19.1 Å². The van der Waals surface area contributed by atoms with Gasteiger partial charge in [0.05, 0.1) is 18.4 Å². The van der Waals surface area contributed by atoms with Crippen molar-refractivity contribution in [2.24, 2.45) is 0 Å². The van der Waals surface area contributed by atoms with E-state index < -0.39 is 6.04 Å². The molecule has 1 atom stereocenters. The summed E-state index contributed by atoms with van der Waals surface area (Å²) in [6.07, 6.45) is 8.93. The van der Waals surface area contributed by atoms with E-state index in [-0.39, 0.29) is 11.8 Å². The molecule has 1 heterocycles. The molecule has 1 aliphatic heterocycles. The number of carbonyl (C=O) groups excluding carboxylic acids is 2. The number of ether oxygens (including phenoxy) is 1. The van der Waals surface area contributed by atoms with Crippen LogP contribution >= 0.6 is 0 Å². The Labute approximate surface area is 170 Å². The van der Waals surface area contributed by atoms with Crippen molar-refractivity contribution in [1.29, 1.82) is 0 Å². The number of fused-ring (bicyclic) bond motifs is 1. The number of nitrogens with zero attached hydrogens (tertiary/aromatic N) is 1. The summed E-state index contributed by atoms with van der Waals surface area (Å²) in [5.41, 5.74) is 4.61. The Morgan fingerprint density at radius 3 is 2.55 bits per heavy atom. The van der Waals surface area contributed by atoms with Gasteiger partial charge in [0.25, 0.3) is 5.91 Å². The van der Waals surface area contributed by atoms with E-state index in [0.29, 0.717) is 23.4 Å². The summed E-state index contributed by atoms with van der Waals surface area (Å²) in [6.45, 7) is 0. The average molecular weight is 388 g/mol. The zero-order valence-corrected chi connectivity index (χ0v) is 16.6. The van der Waals surface area contributed by atoms with Crippen LogP contribution in [0.5, 0.6) is 5.75 Å². The number of hydrogen-bond acceptors (Lipinski definition) is 3. The molecule has 1 aliphatic carbocycles. The van der Waals surface area contributed by atoms with E-state index in [0.717, 1.165) is 18.4 Å². The second kappa shape index (κ2) is 7.95. The highest BCUT2D eigenvalue weighted by Gasteiger charge is 2.32. The molecule has 0 radical (unpaired) electrons. The number of carbonyl (C=O) groups is 2. The number of likely N-dealkylation sites (N-methyl/N-ethyl adjacent to an activating group) is 1. The fourth-order valence-corrected chi connectivity index (χ4v) is 3.81. The molecule has 4 rings (SSSR count). The highest BCUT2D eigenvalue weighted by Crippen LogP contribution is 2.28. The summed E-state index contributed by atoms with van der Waals surface area (Å²) in [5, 5.41) is 2.88. The van der Waals surface area contributed by atoms with Crippen LogP contribution in [0.2, 0.25) is 0 Å². The van der Waals surface area contributed by atoms with Crippen molar-refractivity contribution in [2.45, 2.75) is 25.3 Å². The maximum atomic E-state index is 13.0. The first-order chi connectivity index (χ1) is 14.0. The summed E-state index contributed by atoms with van der Waals surface area (Å²) < 4.78 is 5.22. The van der Waals surface area contributed by atoms with Crippen molar-refractivity contribution in [3.8, 4) is 5.75 Å². The van der Waals surface area contributed by atoms with Crippen molar-refractivity contribution in [1.82, 2.24) is 5.32 Å². The fourth-order valence-electron chi connectivity index (χ4n) is 3.81. The van der Waals surface area contributed by atoms with Gasteiger partial charge >= 0.3 is 0 Å². The van der Waals surface area contributed by atoms with Gasteiger partial charge < -0.3 is 15.0 Å². The first-order valence-electron chi connectivity index (χ1n) is 9.75. The molecule has 148 valence electrons. The minimum absolute atomic E-state index is 0.132. The lowest BCUT2D eigenvalue weighted by atomic mass is 10.0. The SMILES string of the molecule is COc1ccc2c(c1)C(=O)NC(Cc1ccc(CC3=CCC=C3)cc1)C(=O)N2C. The molecule has 2 aliphatic rings. The highest BCUT2D eigenvalue weighted by atomic mass is 16.5. The van der Waals surface area contributed by atoms with Gasteiger partial charge in [-0.2, -0.15) is 0 Å². The van der Waals surface area contributed by atoms with Crippen LogP contribution in [0, 0.1) is 0 Å². The van der Waals surface area contributed by atoms with Gasteiger partial charge in [0.15, 0.2) is 0 Å². The van der Waals surface area contributed by atoms with Crippen LogP contribution in [0.15, 0.2) is 66.3 Å². The van der Waals surface area contributed by atoms with E-state index >= 15 is 0 Å². The molecule has 0 saturated heterocycles. The van der Waals surface area contributed by atoms with Crippen LogP contribution < -0.4 is 15.0 Å². The maximum absolute atomic E-state index is 13.0. The number of rotatable bonds is 5. The van der Waals surface area contributed by atoms with E-state index in [9.17, 15) is 9.59 Å². The lowest BCUT2D eigenvalue weighted by Crippen LogP contribution is -2.45. The van der Waals surface area contributed by atoms with Crippen LogP contribution in [-0.2, 0) is 17.6 Å². The minimum atomic E-state index is -0.614. The average Bonchev–Trinajstić information content (AvgIpc) is 3.23. The number of amides is 2. The van der Waals surface area contributed by atoms with E-state index in [1.165, 1.54) is 11.1 Å². The normalized spacial score (nSPS) is 18.2. The van der Waals surface area contributed by atoms with Crippen molar-refractivity contribution in [3.05, 3.63) is 83.0 Å².